The van der Waals surface area contributed by atoms with Gasteiger partial charge in [0.25, 0.3) is 11.8 Å². The van der Waals surface area contributed by atoms with Crippen molar-refractivity contribution in [2.75, 3.05) is 19.4 Å². The highest BCUT2D eigenvalue weighted by atomic mass is 16.2. The van der Waals surface area contributed by atoms with Crippen LogP contribution >= 0.6 is 0 Å². The van der Waals surface area contributed by atoms with Gasteiger partial charge in [0.1, 0.15) is 11.4 Å². The Hall–Kier alpha value is -3.35. The van der Waals surface area contributed by atoms with Crippen molar-refractivity contribution in [2.24, 2.45) is 7.05 Å². The third kappa shape index (κ3) is 3.48. The number of carbonyl (C=O) groups is 2. The van der Waals surface area contributed by atoms with E-state index >= 15 is 0 Å². The third-order valence-corrected chi connectivity index (χ3v) is 4.41. The molecule has 2 amide bonds. The summed E-state index contributed by atoms with van der Waals surface area (Å²) < 4.78 is 3.68. The summed E-state index contributed by atoms with van der Waals surface area (Å²) in [6, 6.07) is 10.9. The average Bonchev–Trinajstić information content (AvgIpc) is 3.16. The van der Waals surface area contributed by atoms with Gasteiger partial charge in [0.2, 0.25) is 0 Å². The van der Waals surface area contributed by atoms with Crippen molar-refractivity contribution in [1.82, 2.24) is 19.2 Å². The van der Waals surface area contributed by atoms with Crippen molar-refractivity contribution in [1.29, 1.82) is 0 Å². The van der Waals surface area contributed by atoms with E-state index in [1.165, 1.54) is 4.90 Å². The lowest BCUT2D eigenvalue weighted by Gasteiger charge is -2.13. The van der Waals surface area contributed by atoms with Gasteiger partial charge >= 0.3 is 0 Å². The molecule has 0 radical (unpaired) electrons. The zero-order chi connectivity index (χ0) is 19.7. The van der Waals surface area contributed by atoms with E-state index in [0.29, 0.717) is 22.6 Å². The number of aromatic nitrogens is 3. The van der Waals surface area contributed by atoms with Gasteiger partial charge in [0, 0.05) is 43.8 Å². The monoisotopic (exact) mass is 365 g/mol. The number of rotatable bonds is 4. The van der Waals surface area contributed by atoms with Gasteiger partial charge in [-0.2, -0.15) is 5.10 Å². The molecule has 0 aliphatic carbocycles. The minimum Gasteiger partial charge on any atom is -0.345 e. The Kier molecular flexibility index (Phi) is 4.85. The van der Waals surface area contributed by atoms with E-state index in [0.717, 1.165) is 11.4 Å². The first kappa shape index (κ1) is 18.4. The van der Waals surface area contributed by atoms with Crippen LogP contribution in [0.3, 0.4) is 0 Å². The van der Waals surface area contributed by atoms with Crippen molar-refractivity contribution in [3.63, 3.8) is 0 Å². The standard InChI is InChI=1S/C20H23N5O2/c1-13-9-10-14(2)25(13)19-17(12-21-24(19)5)18(26)22-16-8-6-7-15(11-16)20(27)23(3)4/h6-12H,1-5H3,(H,22,26). The molecule has 2 heterocycles. The number of amides is 2. The van der Waals surface area contributed by atoms with Crippen molar-refractivity contribution in [3.05, 3.63) is 65.1 Å². The molecular weight excluding hydrogens is 342 g/mol. The van der Waals surface area contributed by atoms with E-state index in [1.54, 1.807) is 56.3 Å². The maximum atomic E-state index is 12.9. The van der Waals surface area contributed by atoms with Crippen LogP contribution in [0.15, 0.2) is 42.6 Å². The summed E-state index contributed by atoms with van der Waals surface area (Å²) in [7, 11) is 5.19. The number of hydrogen-bond acceptors (Lipinski definition) is 3. The van der Waals surface area contributed by atoms with Gasteiger partial charge in [-0.1, -0.05) is 6.07 Å². The highest BCUT2D eigenvalue weighted by Gasteiger charge is 2.20. The van der Waals surface area contributed by atoms with E-state index < -0.39 is 0 Å². The highest BCUT2D eigenvalue weighted by molar-refractivity contribution is 6.07. The molecule has 2 aromatic heterocycles. The number of anilines is 1. The van der Waals surface area contributed by atoms with Crippen molar-refractivity contribution in [3.8, 4) is 5.82 Å². The Bertz CT molecular complexity index is 994. The number of nitrogens with one attached hydrogen (secondary N) is 1. The molecule has 1 N–H and O–H groups in total. The zero-order valence-corrected chi connectivity index (χ0v) is 16.1. The zero-order valence-electron chi connectivity index (χ0n) is 16.1. The number of nitrogens with zero attached hydrogens (tertiary/aromatic N) is 4. The fourth-order valence-corrected chi connectivity index (χ4v) is 3.05. The molecule has 0 aliphatic rings. The van der Waals surface area contributed by atoms with Crippen LogP contribution in [0.2, 0.25) is 0 Å². The summed E-state index contributed by atoms with van der Waals surface area (Å²) in [5.74, 6) is 0.305. The Morgan fingerprint density at radius 3 is 2.37 bits per heavy atom. The van der Waals surface area contributed by atoms with Gasteiger partial charge in [-0.25, -0.2) is 0 Å². The van der Waals surface area contributed by atoms with Gasteiger partial charge in [-0.3, -0.25) is 14.3 Å². The molecule has 0 atom stereocenters. The Morgan fingerprint density at radius 1 is 1.07 bits per heavy atom. The van der Waals surface area contributed by atoms with Crippen LogP contribution in [-0.2, 0) is 7.05 Å². The van der Waals surface area contributed by atoms with E-state index in [1.807, 2.05) is 30.5 Å². The summed E-state index contributed by atoms with van der Waals surface area (Å²) in [6.45, 7) is 3.97. The van der Waals surface area contributed by atoms with Gasteiger partial charge < -0.3 is 14.8 Å². The lowest BCUT2D eigenvalue weighted by Crippen LogP contribution is -2.22. The predicted molar refractivity (Wildman–Crippen MR) is 104 cm³/mol. The molecule has 0 saturated carbocycles. The van der Waals surface area contributed by atoms with Crippen LogP contribution in [0.25, 0.3) is 5.82 Å². The van der Waals surface area contributed by atoms with Crippen molar-refractivity contribution < 1.29 is 9.59 Å². The van der Waals surface area contributed by atoms with Crippen LogP contribution in [0, 0.1) is 13.8 Å². The summed E-state index contributed by atoms with van der Waals surface area (Å²) in [4.78, 5) is 26.5. The smallest absolute Gasteiger partial charge is 0.261 e. The average molecular weight is 365 g/mol. The van der Waals surface area contributed by atoms with Gasteiger partial charge in [-0.15, -0.1) is 0 Å². The second-order valence-electron chi connectivity index (χ2n) is 6.69. The van der Waals surface area contributed by atoms with E-state index in [4.69, 9.17) is 0 Å². The molecule has 0 bridgehead atoms. The first-order valence-electron chi connectivity index (χ1n) is 8.60. The Labute approximate surface area is 158 Å². The molecule has 1 aromatic carbocycles. The lowest BCUT2D eigenvalue weighted by atomic mass is 10.1. The normalized spacial score (nSPS) is 10.7. The molecular formula is C20H23N5O2. The quantitative estimate of drug-likeness (QED) is 0.773. The molecule has 7 heteroatoms. The second kappa shape index (κ2) is 7.11. The number of carbonyl (C=O) groups excluding carboxylic acids is 2. The molecule has 7 nitrogen and oxygen atoms in total. The minimum absolute atomic E-state index is 0.119. The van der Waals surface area contributed by atoms with E-state index in [2.05, 4.69) is 10.4 Å². The summed E-state index contributed by atoms with van der Waals surface area (Å²) in [5, 5.41) is 7.13. The fraction of sp³-hybridized carbons (Fsp3) is 0.250. The number of benzene rings is 1. The Morgan fingerprint density at radius 2 is 1.74 bits per heavy atom. The van der Waals surface area contributed by atoms with Crippen LogP contribution in [0.5, 0.6) is 0 Å². The molecule has 0 aliphatic heterocycles. The predicted octanol–water partition coefficient (Wildman–Crippen LogP) is 2.78. The van der Waals surface area contributed by atoms with E-state index in [9.17, 15) is 9.59 Å². The summed E-state index contributed by atoms with van der Waals surface area (Å²) in [6.07, 6.45) is 1.55. The number of aryl methyl sites for hydroxylation is 3. The second-order valence-corrected chi connectivity index (χ2v) is 6.69. The number of hydrogen-bond donors (Lipinski definition) is 1. The van der Waals surface area contributed by atoms with E-state index in [-0.39, 0.29) is 11.8 Å². The maximum Gasteiger partial charge on any atom is 0.261 e. The fourth-order valence-electron chi connectivity index (χ4n) is 3.05. The maximum absolute atomic E-state index is 12.9. The molecule has 0 saturated heterocycles. The van der Waals surface area contributed by atoms with Crippen molar-refractivity contribution in [2.45, 2.75) is 13.8 Å². The molecule has 0 spiro atoms. The molecule has 27 heavy (non-hydrogen) atoms. The molecule has 3 aromatic rings. The molecule has 3 rings (SSSR count). The van der Waals surface area contributed by atoms with Crippen LogP contribution < -0.4 is 5.32 Å². The van der Waals surface area contributed by atoms with Crippen LogP contribution in [-0.4, -0.2) is 45.2 Å². The lowest BCUT2D eigenvalue weighted by molar-refractivity contribution is 0.0827. The largest absolute Gasteiger partial charge is 0.345 e. The molecule has 0 fully saturated rings. The Balaban J connectivity index is 1.93. The summed E-state index contributed by atoms with van der Waals surface area (Å²) in [5.41, 5.74) is 3.57. The molecule has 140 valence electrons. The van der Waals surface area contributed by atoms with Gasteiger partial charge in [0.05, 0.1) is 6.20 Å². The third-order valence-electron chi connectivity index (χ3n) is 4.41. The summed E-state index contributed by atoms with van der Waals surface area (Å²) >= 11 is 0. The van der Waals surface area contributed by atoms with Gasteiger partial charge in [0.15, 0.2) is 0 Å². The van der Waals surface area contributed by atoms with Crippen LogP contribution in [0.4, 0.5) is 5.69 Å². The first-order valence-corrected chi connectivity index (χ1v) is 8.60. The topological polar surface area (TPSA) is 72.2 Å². The first-order chi connectivity index (χ1) is 12.8. The van der Waals surface area contributed by atoms with Crippen LogP contribution in [0.1, 0.15) is 32.1 Å². The minimum atomic E-state index is -0.278. The SMILES string of the molecule is Cc1ccc(C)n1-c1c(C(=O)Nc2cccc(C(=O)N(C)C)c2)cnn1C. The molecule has 0 unspecified atom stereocenters. The van der Waals surface area contributed by atoms with Crippen molar-refractivity contribution >= 4 is 17.5 Å². The highest BCUT2D eigenvalue weighted by Crippen LogP contribution is 2.21. The van der Waals surface area contributed by atoms with Gasteiger partial charge in [-0.05, 0) is 44.2 Å².